The zero-order valence-corrected chi connectivity index (χ0v) is 9.58. The molecule has 2 aromatic rings. The fourth-order valence-corrected chi connectivity index (χ4v) is 2.04. The highest BCUT2D eigenvalue weighted by Gasteiger charge is 2.40. The van der Waals surface area contributed by atoms with Crippen LogP contribution in [0.2, 0.25) is 0 Å². The van der Waals surface area contributed by atoms with E-state index in [1.807, 2.05) is 30.3 Å². The Morgan fingerprint density at radius 1 is 1.35 bits per heavy atom. The van der Waals surface area contributed by atoms with Crippen LogP contribution >= 0.6 is 0 Å². The largest absolute Gasteiger partial charge is 0.292 e. The molecule has 2 atom stereocenters. The highest BCUT2D eigenvalue weighted by molar-refractivity contribution is 5.98. The number of aromatic nitrogens is 3. The third-order valence-electron chi connectivity index (χ3n) is 3.25. The predicted molar refractivity (Wildman–Crippen MR) is 63.0 cm³/mol. The van der Waals surface area contributed by atoms with Crippen molar-refractivity contribution in [3.63, 3.8) is 0 Å². The summed E-state index contributed by atoms with van der Waals surface area (Å²) in [6, 6.07) is 9.62. The minimum Gasteiger partial charge on any atom is -0.292 e. The molecule has 1 heterocycles. The Kier molecular flexibility index (Phi) is 2.28. The standard InChI is InChI=1S/C13H13N3O/c1-9-7-11(9)13(17)12-8-14-15-16(12)10-5-3-2-4-6-10/h2-6,8-9,11H,7H2,1H3. The van der Waals surface area contributed by atoms with Crippen molar-refractivity contribution in [3.8, 4) is 5.69 Å². The lowest BCUT2D eigenvalue weighted by Crippen LogP contribution is -2.11. The quantitative estimate of drug-likeness (QED) is 0.754. The van der Waals surface area contributed by atoms with Gasteiger partial charge in [-0.15, -0.1) is 5.10 Å². The molecule has 3 rings (SSSR count). The lowest BCUT2D eigenvalue weighted by Gasteiger charge is -2.04. The first-order chi connectivity index (χ1) is 8.27. The number of carbonyl (C=O) groups excluding carboxylic acids is 1. The number of ketones is 1. The summed E-state index contributed by atoms with van der Waals surface area (Å²) in [5, 5.41) is 7.84. The summed E-state index contributed by atoms with van der Waals surface area (Å²) < 4.78 is 1.62. The van der Waals surface area contributed by atoms with Crippen molar-refractivity contribution in [3.05, 3.63) is 42.2 Å². The summed E-state index contributed by atoms with van der Waals surface area (Å²) in [5.74, 6) is 0.823. The zero-order valence-electron chi connectivity index (χ0n) is 9.58. The van der Waals surface area contributed by atoms with Gasteiger partial charge < -0.3 is 0 Å². The van der Waals surface area contributed by atoms with Crippen LogP contribution in [0.15, 0.2) is 36.5 Å². The first kappa shape index (κ1) is 10.2. The Hall–Kier alpha value is -1.97. The Morgan fingerprint density at radius 2 is 2.06 bits per heavy atom. The zero-order chi connectivity index (χ0) is 11.8. The highest BCUT2D eigenvalue weighted by Crippen LogP contribution is 2.40. The average Bonchev–Trinajstić information content (AvgIpc) is 2.92. The Morgan fingerprint density at radius 3 is 2.71 bits per heavy atom. The minimum atomic E-state index is 0.159. The first-order valence-electron chi connectivity index (χ1n) is 5.77. The van der Waals surface area contributed by atoms with Crippen molar-refractivity contribution in [2.45, 2.75) is 13.3 Å². The number of hydrogen-bond acceptors (Lipinski definition) is 3. The van der Waals surface area contributed by atoms with E-state index >= 15 is 0 Å². The van der Waals surface area contributed by atoms with Gasteiger partial charge in [-0.25, -0.2) is 4.68 Å². The highest BCUT2D eigenvalue weighted by atomic mass is 16.1. The molecule has 1 saturated carbocycles. The lowest BCUT2D eigenvalue weighted by molar-refractivity contribution is 0.0954. The number of para-hydroxylation sites is 1. The van der Waals surface area contributed by atoms with E-state index in [1.165, 1.54) is 0 Å². The Labute approximate surface area is 99.3 Å². The van der Waals surface area contributed by atoms with Gasteiger partial charge in [0.05, 0.1) is 11.9 Å². The van der Waals surface area contributed by atoms with Crippen LogP contribution in [0.25, 0.3) is 5.69 Å². The maximum atomic E-state index is 12.2. The van der Waals surface area contributed by atoms with E-state index in [4.69, 9.17) is 0 Å². The van der Waals surface area contributed by atoms with Crippen LogP contribution in [0.1, 0.15) is 23.8 Å². The maximum absolute atomic E-state index is 12.2. The van der Waals surface area contributed by atoms with E-state index in [1.54, 1.807) is 10.9 Å². The molecular weight excluding hydrogens is 214 g/mol. The Bertz CT molecular complexity index is 547. The maximum Gasteiger partial charge on any atom is 0.186 e. The number of rotatable bonds is 3. The first-order valence-corrected chi connectivity index (χ1v) is 5.77. The monoisotopic (exact) mass is 227 g/mol. The summed E-state index contributed by atoms with van der Waals surface area (Å²) >= 11 is 0. The SMILES string of the molecule is CC1CC1C(=O)c1cnnn1-c1ccccc1. The predicted octanol–water partition coefficient (Wildman–Crippen LogP) is 2.11. The van der Waals surface area contributed by atoms with E-state index in [-0.39, 0.29) is 11.7 Å². The van der Waals surface area contributed by atoms with Gasteiger partial charge in [0, 0.05) is 5.92 Å². The molecule has 4 nitrogen and oxygen atoms in total. The van der Waals surface area contributed by atoms with Crippen LogP contribution in [0.4, 0.5) is 0 Å². The van der Waals surface area contributed by atoms with Crippen molar-refractivity contribution in [1.82, 2.24) is 15.0 Å². The van der Waals surface area contributed by atoms with Crippen LogP contribution in [-0.4, -0.2) is 20.8 Å². The van der Waals surface area contributed by atoms with Crippen molar-refractivity contribution in [2.24, 2.45) is 11.8 Å². The van der Waals surface area contributed by atoms with Crippen molar-refractivity contribution in [2.75, 3.05) is 0 Å². The van der Waals surface area contributed by atoms with Gasteiger partial charge in [-0.2, -0.15) is 0 Å². The van der Waals surface area contributed by atoms with Crippen molar-refractivity contribution < 1.29 is 4.79 Å². The molecule has 1 aliphatic rings. The molecule has 0 aliphatic heterocycles. The topological polar surface area (TPSA) is 47.8 Å². The summed E-state index contributed by atoms with van der Waals surface area (Å²) in [5.41, 5.74) is 1.47. The van der Waals surface area contributed by atoms with Gasteiger partial charge in [-0.3, -0.25) is 4.79 Å². The van der Waals surface area contributed by atoms with E-state index < -0.39 is 0 Å². The summed E-state index contributed by atoms with van der Waals surface area (Å²) in [7, 11) is 0. The van der Waals surface area contributed by atoms with Crippen LogP contribution < -0.4 is 0 Å². The molecule has 17 heavy (non-hydrogen) atoms. The van der Waals surface area contributed by atoms with Crippen molar-refractivity contribution >= 4 is 5.78 Å². The second-order valence-corrected chi connectivity index (χ2v) is 4.55. The van der Waals surface area contributed by atoms with Crippen molar-refractivity contribution in [1.29, 1.82) is 0 Å². The second kappa shape index (κ2) is 3.80. The smallest absolute Gasteiger partial charge is 0.186 e. The molecule has 0 amide bonds. The van der Waals surface area contributed by atoms with Gasteiger partial charge >= 0.3 is 0 Å². The molecule has 1 aliphatic carbocycles. The molecule has 0 spiro atoms. The summed E-state index contributed by atoms with van der Waals surface area (Å²) in [6.07, 6.45) is 2.54. The van der Waals surface area contributed by atoms with Gasteiger partial charge in [0.1, 0.15) is 5.69 Å². The number of carbonyl (C=O) groups is 1. The molecule has 2 unspecified atom stereocenters. The van der Waals surface area contributed by atoms with Gasteiger partial charge in [-0.05, 0) is 24.5 Å². The minimum absolute atomic E-state index is 0.159. The van der Waals surface area contributed by atoms with Gasteiger partial charge in [0.2, 0.25) is 0 Å². The normalized spacial score (nSPS) is 22.4. The van der Waals surface area contributed by atoms with E-state index in [9.17, 15) is 4.79 Å². The number of benzene rings is 1. The lowest BCUT2D eigenvalue weighted by atomic mass is 10.1. The van der Waals surface area contributed by atoms with Gasteiger partial charge in [0.25, 0.3) is 0 Å². The molecular formula is C13H13N3O. The van der Waals surface area contributed by atoms with Crippen LogP contribution in [0, 0.1) is 11.8 Å². The van der Waals surface area contributed by atoms with Crippen LogP contribution in [0.5, 0.6) is 0 Å². The van der Waals surface area contributed by atoms with Crippen LogP contribution in [0.3, 0.4) is 0 Å². The number of hydrogen-bond donors (Lipinski definition) is 0. The summed E-state index contributed by atoms with van der Waals surface area (Å²) in [4.78, 5) is 12.2. The third-order valence-corrected chi connectivity index (χ3v) is 3.25. The van der Waals surface area contributed by atoms with Gasteiger partial charge in [-0.1, -0.05) is 30.3 Å². The molecule has 0 saturated heterocycles. The van der Waals surface area contributed by atoms with E-state index in [2.05, 4.69) is 17.2 Å². The average molecular weight is 227 g/mol. The molecule has 0 N–H and O–H groups in total. The molecule has 0 bridgehead atoms. The number of Topliss-reactive ketones (excluding diaryl/α,β-unsaturated/α-hetero) is 1. The van der Waals surface area contributed by atoms with Crippen LogP contribution in [-0.2, 0) is 0 Å². The molecule has 86 valence electrons. The fourth-order valence-electron chi connectivity index (χ4n) is 2.04. The molecule has 0 radical (unpaired) electrons. The number of nitrogens with zero attached hydrogens (tertiary/aromatic N) is 3. The van der Waals surface area contributed by atoms with E-state index in [0.717, 1.165) is 12.1 Å². The molecule has 4 heteroatoms. The molecule has 1 aromatic heterocycles. The Balaban J connectivity index is 1.97. The van der Waals surface area contributed by atoms with E-state index in [0.29, 0.717) is 11.6 Å². The molecule has 1 aromatic carbocycles. The second-order valence-electron chi connectivity index (χ2n) is 4.55. The van der Waals surface area contributed by atoms with Gasteiger partial charge in [0.15, 0.2) is 5.78 Å². The third kappa shape index (κ3) is 1.75. The molecule has 1 fully saturated rings. The fraction of sp³-hybridized carbons (Fsp3) is 0.308. The summed E-state index contributed by atoms with van der Waals surface area (Å²) in [6.45, 7) is 2.10.